The number of nitrogens with two attached hydrogens (primary N) is 1. The third-order valence-electron chi connectivity index (χ3n) is 2.39. The number of fused-ring (bicyclic) bond motifs is 1. The van der Waals surface area contributed by atoms with E-state index in [4.69, 9.17) is 5.73 Å². The fraction of sp³-hybridized carbons (Fsp3) is 0.0769. The molecule has 0 aliphatic heterocycles. The predicted octanol–water partition coefficient (Wildman–Crippen LogP) is 2.36. The van der Waals surface area contributed by atoms with Gasteiger partial charge < -0.3 is 11.1 Å². The average Bonchev–Trinajstić information content (AvgIpc) is 2.30. The van der Waals surface area contributed by atoms with Crippen molar-refractivity contribution in [2.24, 2.45) is 5.73 Å². The molecule has 0 aliphatic rings. The van der Waals surface area contributed by atoms with Gasteiger partial charge in [-0.05, 0) is 16.3 Å². The molecule has 3 N–H and O–H groups in total. The van der Waals surface area contributed by atoms with Crippen molar-refractivity contribution in [2.45, 2.75) is 6.54 Å². The van der Waals surface area contributed by atoms with Crippen LogP contribution in [0.1, 0.15) is 5.56 Å². The summed E-state index contributed by atoms with van der Waals surface area (Å²) < 4.78 is 0. The normalized spacial score (nSPS) is 10.9. The van der Waals surface area contributed by atoms with E-state index in [9.17, 15) is 0 Å². The topological polar surface area (TPSA) is 38.0 Å². The van der Waals surface area contributed by atoms with Crippen molar-refractivity contribution in [3.63, 3.8) is 0 Å². The predicted molar refractivity (Wildman–Crippen MR) is 64.1 cm³/mol. The molecule has 2 rings (SSSR count). The molecule has 0 atom stereocenters. The first-order chi connectivity index (χ1) is 7.42. The lowest BCUT2D eigenvalue weighted by Gasteiger charge is -2.05. The van der Waals surface area contributed by atoms with Crippen LogP contribution in [0.15, 0.2) is 54.9 Å². The maximum atomic E-state index is 5.26. The summed E-state index contributed by atoms with van der Waals surface area (Å²) in [7, 11) is 0. The Labute approximate surface area is 89.4 Å². The molecule has 76 valence electrons. The van der Waals surface area contributed by atoms with E-state index in [1.54, 1.807) is 6.20 Å². The Kier molecular flexibility index (Phi) is 2.88. The Morgan fingerprint density at radius 2 is 1.87 bits per heavy atom. The number of hydrogen-bond donors (Lipinski definition) is 2. The lowest BCUT2D eigenvalue weighted by molar-refractivity contribution is 0.874. The van der Waals surface area contributed by atoms with Crippen molar-refractivity contribution < 1.29 is 0 Å². The second kappa shape index (κ2) is 4.51. The fourth-order valence-corrected chi connectivity index (χ4v) is 1.68. The summed E-state index contributed by atoms with van der Waals surface area (Å²) in [5.74, 6) is 0. The van der Waals surface area contributed by atoms with Crippen LogP contribution in [0.25, 0.3) is 10.8 Å². The third kappa shape index (κ3) is 2.10. The standard InChI is InChI=1S/C13H14N2/c14-8-9-15-10-12-6-3-5-11-4-1-2-7-13(11)12/h1-9,15H,10,14H2. The van der Waals surface area contributed by atoms with Gasteiger partial charge in [0.15, 0.2) is 0 Å². The number of benzene rings is 2. The Morgan fingerprint density at radius 1 is 1.07 bits per heavy atom. The monoisotopic (exact) mass is 198 g/mol. The van der Waals surface area contributed by atoms with E-state index < -0.39 is 0 Å². The van der Waals surface area contributed by atoms with Gasteiger partial charge in [0.05, 0.1) is 0 Å². The van der Waals surface area contributed by atoms with Gasteiger partial charge in [-0.2, -0.15) is 0 Å². The van der Waals surface area contributed by atoms with Gasteiger partial charge in [-0.1, -0.05) is 42.5 Å². The summed E-state index contributed by atoms with van der Waals surface area (Å²) in [4.78, 5) is 0. The Hall–Kier alpha value is -1.96. The first-order valence-corrected chi connectivity index (χ1v) is 4.98. The van der Waals surface area contributed by atoms with E-state index in [1.165, 1.54) is 22.5 Å². The van der Waals surface area contributed by atoms with Crippen LogP contribution in [-0.4, -0.2) is 0 Å². The van der Waals surface area contributed by atoms with E-state index in [2.05, 4.69) is 47.8 Å². The molecule has 0 saturated heterocycles. The van der Waals surface area contributed by atoms with Crippen molar-refractivity contribution in [3.8, 4) is 0 Å². The summed E-state index contributed by atoms with van der Waals surface area (Å²) in [6.07, 6.45) is 3.26. The highest BCUT2D eigenvalue weighted by Gasteiger charge is 1.97. The van der Waals surface area contributed by atoms with E-state index >= 15 is 0 Å². The molecule has 0 radical (unpaired) electrons. The molecule has 0 aromatic heterocycles. The van der Waals surface area contributed by atoms with E-state index in [0.717, 1.165) is 6.54 Å². The highest BCUT2D eigenvalue weighted by molar-refractivity contribution is 5.85. The molecule has 0 unspecified atom stereocenters. The first kappa shape index (κ1) is 9.59. The minimum Gasteiger partial charge on any atom is -0.403 e. The Balaban J connectivity index is 2.34. The minimum absolute atomic E-state index is 0.801. The van der Waals surface area contributed by atoms with Crippen molar-refractivity contribution >= 4 is 10.8 Å². The zero-order valence-corrected chi connectivity index (χ0v) is 8.48. The third-order valence-corrected chi connectivity index (χ3v) is 2.39. The van der Waals surface area contributed by atoms with Crippen molar-refractivity contribution in [1.82, 2.24) is 5.32 Å². The first-order valence-electron chi connectivity index (χ1n) is 4.98. The molecule has 0 aliphatic carbocycles. The van der Waals surface area contributed by atoms with E-state index in [-0.39, 0.29) is 0 Å². The highest BCUT2D eigenvalue weighted by Crippen LogP contribution is 2.17. The van der Waals surface area contributed by atoms with Crippen LogP contribution in [0, 0.1) is 0 Å². The van der Waals surface area contributed by atoms with Crippen molar-refractivity contribution in [1.29, 1.82) is 0 Å². The van der Waals surface area contributed by atoms with Gasteiger partial charge in [-0.15, -0.1) is 0 Å². The van der Waals surface area contributed by atoms with Crippen LogP contribution in [-0.2, 0) is 6.54 Å². The second-order valence-corrected chi connectivity index (χ2v) is 3.38. The van der Waals surface area contributed by atoms with Gasteiger partial charge in [-0.25, -0.2) is 0 Å². The number of hydrogen-bond acceptors (Lipinski definition) is 2. The van der Waals surface area contributed by atoms with Gasteiger partial charge in [0.25, 0.3) is 0 Å². The summed E-state index contributed by atoms with van der Waals surface area (Å²) in [5.41, 5.74) is 6.55. The largest absolute Gasteiger partial charge is 0.403 e. The SMILES string of the molecule is NC=CNCc1cccc2ccccc12. The molecule has 2 aromatic carbocycles. The molecular weight excluding hydrogens is 184 g/mol. The second-order valence-electron chi connectivity index (χ2n) is 3.38. The van der Waals surface area contributed by atoms with E-state index in [0.29, 0.717) is 0 Å². The van der Waals surface area contributed by atoms with Crippen LogP contribution >= 0.6 is 0 Å². The van der Waals surface area contributed by atoms with Gasteiger partial charge in [0.2, 0.25) is 0 Å². The lowest BCUT2D eigenvalue weighted by atomic mass is 10.0. The Bertz CT molecular complexity index is 469. The van der Waals surface area contributed by atoms with Crippen LogP contribution < -0.4 is 11.1 Å². The smallest absolute Gasteiger partial charge is 0.0401 e. The highest BCUT2D eigenvalue weighted by atomic mass is 14.8. The molecule has 2 aromatic rings. The maximum absolute atomic E-state index is 5.26. The molecule has 0 fully saturated rings. The maximum Gasteiger partial charge on any atom is 0.0401 e. The lowest BCUT2D eigenvalue weighted by Crippen LogP contribution is -2.05. The molecule has 2 nitrogen and oxygen atoms in total. The van der Waals surface area contributed by atoms with Crippen LogP contribution in [0.3, 0.4) is 0 Å². The number of nitrogens with one attached hydrogen (secondary N) is 1. The van der Waals surface area contributed by atoms with Crippen LogP contribution in [0.5, 0.6) is 0 Å². The summed E-state index contributed by atoms with van der Waals surface area (Å²) >= 11 is 0. The van der Waals surface area contributed by atoms with E-state index in [1.807, 2.05) is 0 Å². The fourth-order valence-electron chi connectivity index (χ4n) is 1.68. The zero-order chi connectivity index (χ0) is 10.5. The molecular formula is C13H14N2. The Morgan fingerprint density at radius 3 is 2.73 bits per heavy atom. The van der Waals surface area contributed by atoms with Gasteiger partial charge in [-0.3, -0.25) is 0 Å². The molecule has 0 heterocycles. The van der Waals surface area contributed by atoms with Crippen LogP contribution in [0.4, 0.5) is 0 Å². The molecule has 2 heteroatoms. The van der Waals surface area contributed by atoms with Crippen molar-refractivity contribution in [2.75, 3.05) is 0 Å². The average molecular weight is 198 g/mol. The molecule has 0 spiro atoms. The van der Waals surface area contributed by atoms with Gasteiger partial charge in [0, 0.05) is 18.9 Å². The molecule has 0 saturated carbocycles. The van der Waals surface area contributed by atoms with Crippen molar-refractivity contribution in [3.05, 3.63) is 60.4 Å². The molecule has 0 amide bonds. The van der Waals surface area contributed by atoms with Crippen LogP contribution in [0.2, 0.25) is 0 Å². The summed E-state index contributed by atoms with van der Waals surface area (Å²) in [5, 5.41) is 5.70. The van der Waals surface area contributed by atoms with Gasteiger partial charge >= 0.3 is 0 Å². The molecule has 0 bridgehead atoms. The molecule has 15 heavy (non-hydrogen) atoms. The summed E-state index contributed by atoms with van der Waals surface area (Å²) in [6, 6.07) is 14.7. The number of rotatable bonds is 3. The van der Waals surface area contributed by atoms with Gasteiger partial charge in [0.1, 0.15) is 0 Å². The summed E-state index contributed by atoms with van der Waals surface area (Å²) in [6.45, 7) is 0.801. The quantitative estimate of drug-likeness (QED) is 0.794. The minimum atomic E-state index is 0.801. The zero-order valence-electron chi connectivity index (χ0n) is 8.48.